The maximum absolute atomic E-state index is 11.7. The van der Waals surface area contributed by atoms with Crippen molar-refractivity contribution in [2.24, 2.45) is 0 Å². The van der Waals surface area contributed by atoms with Crippen LogP contribution in [0.1, 0.15) is 5.56 Å². The number of carbonyl (C=O) groups excluding carboxylic acids is 1. The number of halogens is 2. The van der Waals surface area contributed by atoms with E-state index in [1.54, 1.807) is 42.5 Å². The van der Waals surface area contributed by atoms with Gasteiger partial charge in [-0.2, -0.15) is 0 Å². The Bertz CT molecular complexity index is 720. The maximum Gasteiger partial charge on any atom is 0.341 e. The van der Waals surface area contributed by atoms with Gasteiger partial charge in [0.2, 0.25) is 0 Å². The Morgan fingerprint density at radius 2 is 1.67 bits per heavy atom. The van der Waals surface area contributed by atoms with E-state index in [9.17, 15) is 9.59 Å². The van der Waals surface area contributed by atoms with Gasteiger partial charge in [-0.1, -0.05) is 47.5 Å². The lowest BCUT2D eigenvalue weighted by atomic mass is 10.1. The SMILES string of the molecule is O=C(O)COC(=O)Cc1ccccc1Nc1c(Cl)cccc1Cl.[Al]. The van der Waals surface area contributed by atoms with Crippen LogP contribution in [0.5, 0.6) is 0 Å². The van der Waals surface area contributed by atoms with Gasteiger partial charge in [-0.25, -0.2) is 4.79 Å². The number of carboxylic acids is 1. The summed E-state index contributed by atoms with van der Waals surface area (Å²) in [4.78, 5) is 22.1. The molecule has 0 atom stereocenters. The van der Waals surface area contributed by atoms with Crippen LogP contribution in [0.2, 0.25) is 10.0 Å². The summed E-state index contributed by atoms with van der Waals surface area (Å²) in [5.41, 5.74) is 1.80. The zero-order valence-corrected chi connectivity index (χ0v) is 15.1. The summed E-state index contributed by atoms with van der Waals surface area (Å²) in [5, 5.41) is 12.5. The highest BCUT2D eigenvalue weighted by atomic mass is 35.5. The molecular formula is C16H13AlCl2NO4. The number of ether oxygens (including phenoxy) is 1. The summed E-state index contributed by atoms with van der Waals surface area (Å²) < 4.78 is 4.64. The van der Waals surface area contributed by atoms with Gasteiger partial charge in [0, 0.05) is 23.0 Å². The number of aliphatic carboxylic acids is 1. The molecule has 0 aromatic heterocycles. The molecule has 0 heterocycles. The zero-order valence-electron chi connectivity index (χ0n) is 12.5. The normalized spacial score (nSPS) is 9.75. The van der Waals surface area contributed by atoms with Crippen molar-refractivity contribution in [3.63, 3.8) is 0 Å². The van der Waals surface area contributed by atoms with Crippen LogP contribution in [0.3, 0.4) is 0 Å². The molecule has 24 heavy (non-hydrogen) atoms. The summed E-state index contributed by atoms with van der Waals surface area (Å²) in [6.45, 7) is -0.662. The summed E-state index contributed by atoms with van der Waals surface area (Å²) >= 11 is 12.2. The van der Waals surface area contributed by atoms with Crippen molar-refractivity contribution < 1.29 is 19.4 Å². The first-order valence-electron chi connectivity index (χ1n) is 6.63. The molecule has 2 aromatic rings. The van der Waals surface area contributed by atoms with Crippen molar-refractivity contribution in [3.05, 3.63) is 58.1 Å². The number of para-hydroxylation sites is 2. The molecule has 8 heteroatoms. The fourth-order valence-corrected chi connectivity index (χ4v) is 2.39. The molecule has 2 rings (SSSR count). The van der Waals surface area contributed by atoms with Crippen molar-refractivity contribution in [2.45, 2.75) is 6.42 Å². The van der Waals surface area contributed by atoms with Crippen molar-refractivity contribution in [3.8, 4) is 0 Å². The minimum atomic E-state index is -1.20. The number of hydrogen-bond acceptors (Lipinski definition) is 4. The maximum atomic E-state index is 11.7. The number of benzene rings is 2. The Morgan fingerprint density at radius 1 is 1.04 bits per heavy atom. The second-order valence-corrected chi connectivity index (χ2v) is 5.42. The third-order valence-electron chi connectivity index (χ3n) is 2.93. The van der Waals surface area contributed by atoms with Gasteiger partial charge < -0.3 is 15.2 Å². The molecule has 2 N–H and O–H groups in total. The van der Waals surface area contributed by atoms with E-state index in [0.29, 0.717) is 27.0 Å². The first-order chi connectivity index (χ1) is 11.0. The van der Waals surface area contributed by atoms with Crippen molar-refractivity contribution in [2.75, 3.05) is 11.9 Å². The molecule has 0 aliphatic rings. The van der Waals surface area contributed by atoms with E-state index in [2.05, 4.69) is 10.1 Å². The van der Waals surface area contributed by atoms with Gasteiger partial charge in [0.1, 0.15) is 0 Å². The molecule has 0 amide bonds. The van der Waals surface area contributed by atoms with Crippen LogP contribution in [0.15, 0.2) is 42.5 Å². The monoisotopic (exact) mass is 380 g/mol. The average molecular weight is 381 g/mol. The number of carbonyl (C=O) groups is 2. The largest absolute Gasteiger partial charge is 0.479 e. The molecule has 0 saturated carbocycles. The highest BCUT2D eigenvalue weighted by Crippen LogP contribution is 2.33. The minimum absolute atomic E-state index is 0. The molecule has 123 valence electrons. The van der Waals surface area contributed by atoms with Crippen LogP contribution in [0.4, 0.5) is 11.4 Å². The number of anilines is 2. The summed E-state index contributed by atoms with van der Waals surface area (Å²) in [6.07, 6.45) is -0.0709. The van der Waals surface area contributed by atoms with Gasteiger partial charge in [0.15, 0.2) is 6.61 Å². The summed E-state index contributed by atoms with van der Waals surface area (Å²) in [6, 6.07) is 12.2. The van der Waals surface area contributed by atoms with E-state index in [0.717, 1.165) is 0 Å². The Morgan fingerprint density at radius 3 is 2.29 bits per heavy atom. The van der Waals surface area contributed by atoms with Gasteiger partial charge >= 0.3 is 11.9 Å². The second-order valence-electron chi connectivity index (χ2n) is 4.61. The number of rotatable bonds is 6. The average Bonchev–Trinajstić information content (AvgIpc) is 2.50. The molecule has 2 aromatic carbocycles. The van der Waals surface area contributed by atoms with Crippen LogP contribution in [-0.4, -0.2) is 41.0 Å². The standard InChI is InChI=1S/C16H13Cl2NO4.Al/c17-11-5-3-6-12(18)16(11)19-13-7-2-1-4-10(13)8-15(22)23-9-14(20)21;/h1-7,19H,8-9H2,(H,20,21);. The molecule has 0 spiro atoms. The Kier molecular flexibility index (Phi) is 8.10. The van der Waals surface area contributed by atoms with Gasteiger partial charge in [-0.3, -0.25) is 4.79 Å². The third-order valence-corrected chi connectivity index (χ3v) is 3.56. The first kappa shape index (κ1) is 20.3. The minimum Gasteiger partial charge on any atom is -0.479 e. The van der Waals surface area contributed by atoms with E-state index >= 15 is 0 Å². The van der Waals surface area contributed by atoms with Gasteiger partial charge in [0.05, 0.1) is 22.2 Å². The highest BCUT2D eigenvalue weighted by molar-refractivity contribution is 6.39. The van der Waals surface area contributed by atoms with Gasteiger partial charge in [-0.15, -0.1) is 0 Å². The molecule has 0 bridgehead atoms. The van der Waals surface area contributed by atoms with Crippen LogP contribution in [0, 0.1) is 0 Å². The highest BCUT2D eigenvalue weighted by Gasteiger charge is 2.12. The molecule has 0 unspecified atom stereocenters. The fraction of sp³-hybridized carbons (Fsp3) is 0.125. The Labute approximate surface area is 159 Å². The van der Waals surface area contributed by atoms with Gasteiger partial charge in [0.25, 0.3) is 0 Å². The summed E-state index contributed by atoms with van der Waals surface area (Å²) in [7, 11) is 0. The first-order valence-corrected chi connectivity index (χ1v) is 7.39. The number of esters is 1. The molecular weight excluding hydrogens is 368 g/mol. The van der Waals surface area contributed by atoms with Crippen LogP contribution in [-0.2, 0) is 20.7 Å². The number of nitrogens with one attached hydrogen (secondary N) is 1. The smallest absolute Gasteiger partial charge is 0.341 e. The van der Waals surface area contributed by atoms with Crippen molar-refractivity contribution in [1.82, 2.24) is 0 Å². The molecule has 5 nitrogen and oxygen atoms in total. The van der Waals surface area contributed by atoms with E-state index in [1.165, 1.54) is 0 Å². The van der Waals surface area contributed by atoms with Gasteiger partial charge in [-0.05, 0) is 23.8 Å². The Hall–Kier alpha value is -1.71. The van der Waals surface area contributed by atoms with E-state index in [-0.39, 0.29) is 23.8 Å². The predicted molar refractivity (Wildman–Crippen MR) is 94.2 cm³/mol. The molecule has 0 saturated heterocycles. The second kappa shape index (κ2) is 9.55. The van der Waals surface area contributed by atoms with Crippen molar-refractivity contribution >= 4 is 63.9 Å². The molecule has 3 radical (unpaired) electrons. The lowest BCUT2D eigenvalue weighted by Gasteiger charge is -2.14. The fourth-order valence-electron chi connectivity index (χ4n) is 1.90. The van der Waals surface area contributed by atoms with E-state index in [1.807, 2.05) is 0 Å². The molecule has 0 fully saturated rings. The molecule has 0 aliphatic heterocycles. The number of hydrogen-bond donors (Lipinski definition) is 2. The number of carboxylic acid groups (broad SMARTS) is 1. The lowest BCUT2D eigenvalue weighted by molar-refractivity contribution is -0.154. The van der Waals surface area contributed by atoms with Crippen molar-refractivity contribution in [1.29, 1.82) is 0 Å². The van der Waals surface area contributed by atoms with E-state index < -0.39 is 18.5 Å². The lowest BCUT2D eigenvalue weighted by Crippen LogP contribution is -2.15. The quantitative estimate of drug-likeness (QED) is 0.592. The van der Waals surface area contributed by atoms with Crippen LogP contribution < -0.4 is 5.32 Å². The zero-order chi connectivity index (χ0) is 16.8. The third kappa shape index (κ3) is 5.73. The van der Waals surface area contributed by atoms with E-state index in [4.69, 9.17) is 28.3 Å². The topological polar surface area (TPSA) is 75.6 Å². The predicted octanol–water partition coefficient (Wildman–Crippen LogP) is 3.53. The van der Waals surface area contributed by atoms with Crippen LogP contribution >= 0.6 is 23.2 Å². The summed E-state index contributed by atoms with van der Waals surface area (Å²) in [5.74, 6) is -1.83. The molecule has 0 aliphatic carbocycles. The van der Waals surface area contributed by atoms with Crippen LogP contribution in [0.25, 0.3) is 0 Å². The Balaban J connectivity index is 0.00000288.